The summed E-state index contributed by atoms with van der Waals surface area (Å²) in [6.45, 7) is 19.1. The quantitative estimate of drug-likeness (QED) is 0.247. The first kappa shape index (κ1) is 22.5. The Bertz CT molecular complexity index is 1040. The van der Waals surface area contributed by atoms with Gasteiger partial charge < -0.3 is 5.11 Å². The molecular formula is C27H36O3Si. The third-order valence-electron chi connectivity index (χ3n) is 7.12. The minimum atomic E-state index is -1.64. The van der Waals surface area contributed by atoms with Crippen molar-refractivity contribution in [2.75, 3.05) is 0 Å². The average molecular weight is 437 g/mol. The highest BCUT2D eigenvalue weighted by Crippen LogP contribution is 2.48. The summed E-state index contributed by atoms with van der Waals surface area (Å²) in [5, 5.41) is 11.4. The van der Waals surface area contributed by atoms with Gasteiger partial charge in [0, 0.05) is 5.56 Å². The van der Waals surface area contributed by atoms with Gasteiger partial charge in [0.1, 0.15) is 0 Å². The number of rotatable bonds is 4. The Morgan fingerprint density at radius 3 is 1.90 bits per heavy atom. The molecule has 0 atom stereocenters. The summed E-state index contributed by atoms with van der Waals surface area (Å²) in [6, 6.07) is 12.7. The molecule has 0 saturated carbocycles. The number of aliphatic hydroxyl groups is 1. The van der Waals surface area contributed by atoms with Gasteiger partial charge in [-0.3, -0.25) is 0 Å². The molecule has 4 heteroatoms. The van der Waals surface area contributed by atoms with Crippen LogP contribution in [-0.4, -0.2) is 13.2 Å². The Morgan fingerprint density at radius 2 is 1.42 bits per heavy atom. The lowest BCUT2D eigenvalue weighted by Gasteiger charge is -2.43. The molecule has 0 aromatic heterocycles. The third kappa shape index (κ3) is 4.19. The average Bonchev–Trinajstić information content (AvgIpc) is 3.42. The van der Waals surface area contributed by atoms with Crippen LogP contribution in [0.1, 0.15) is 73.9 Å². The second kappa shape index (κ2) is 7.14. The van der Waals surface area contributed by atoms with Gasteiger partial charge in [0.2, 0.25) is 0 Å². The smallest absolute Gasteiger partial charge is 0.336 e. The molecule has 2 aromatic carbocycles. The second-order valence-electron chi connectivity index (χ2n) is 11.7. The van der Waals surface area contributed by atoms with E-state index < -0.39 is 14.0 Å². The van der Waals surface area contributed by atoms with Crippen molar-refractivity contribution in [3.05, 3.63) is 69.8 Å². The Morgan fingerprint density at radius 1 is 0.903 bits per heavy atom. The van der Waals surface area contributed by atoms with E-state index in [0.717, 1.165) is 5.56 Å². The molecule has 1 fully saturated rings. The van der Waals surface area contributed by atoms with Crippen LogP contribution in [-0.2, 0) is 26.6 Å². The maximum absolute atomic E-state index is 9.97. The molecule has 166 valence electrons. The van der Waals surface area contributed by atoms with E-state index in [1.807, 2.05) is 24.3 Å². The Balaban J connectivity index is 1.83. The molecule has 0 amide bonds. The van der Waals surface area contributed by atoms with Gasteiger partial charge in [-0.2, -0.15) is 9.78 Å². The summed E-state index contributed by atoms with van der Waals surface area (Å²) in [6.07, 6.45) is 4.79. The van der Waals surface area contributed by atoms with Crippen LogP contribution in [0.3, 0.4) is 0 Å². The summed E-state index contributed by atoms with van der Waals surface area (Å²) in [4.78, 5) is 9.36. The van der Waals surface area contributed by atoms with Crippen molar-refractivity contribution in [2.24, 2.45) is 0 Å². The number of hydrogen-bond donors (Lipinski definition) is 1. The molecule has 2 aromatic rings. The van der Waals surface area contributed by atoms with E-state index in [4.69, 9.17) is 0 Å². The van der Waals surface area contributed by atoms with Gasteiger partial charge in [0.15, 0.2) is 0 Å². The first-order chi connectivity index (χ1) is 14.2. The van der Waals surface area contributed by atoms with Gasteiger partial charge in [-0.1, -0.05) is 95.0 Å². The van der Waals surface area contributed by atoms with Crippen LogP contribution in [0.25, 0.3) is 11.3 Å². The predicted molar refractivity (Wildman–Crippen MR) is 130 cm³/mol. The molecule has 2 aliphatic rings. The summed E-state index contributed by atoms with van der Waals surface area (Å²) in [7, 11) is -1.64. The minimum Gasteiger partial charge on any atom is -0.336 e. The molecule has 1 N–H and O–H groups in total. The summed E-state index contributed by atoms with van der Waals surface area (Å²) in [5.74, 6) is -1.56. The number of hydrogen-bond acceptors (Lipinski definition) is 3. The lowest BCUT2D eigenvalue weighted by molar-refractivity contribution is 0.0264. The van der Waals surface area contributed by atoms with Crippen LogP contribution in [0.2, 0.25) is 19.6 Å². The molecule has 0 radical (unpaired) electrons. The van der Waals surface area contributed by atoms with E-state index in [0.29, 0.717) is 5.56 Å². The molecule has 1 heterocycles. The van der Waals surface area contributed by atoms with Crippen LogP contribution in [0.4, 0.5) is 0 Å². The molecule has 3 nitrogen and oxygen atoms in total. The Kier molecular flexibility index (Phi) is 5.18. The fourth-order valence-electron chi connectivity index (χ4n) is 4.80. The fraction of sp³-hybridized carbons (Fsp3) is 0.481. The summed E-state index contributed by atoms with van der Waals surface area (Å²) in [5.41, 5.74) is 7.94. The lowest BCUT2D eigenvalue weighted by Crippen LogP contribution is -2.34. The maximum atomic E-state index is 9.97. The maximum Gasteiger partial charge on any atom is 0.365 e. The topological polar surface area (TPSA) is 45.3 Å². The van der Waals surface area contributed by atoms with E-state index in [1.54, 1.807) is 0 Å². The van der Waals surface area contributed by atoms with Gasteiger partial charge in [0.05, 0.1) is 8.07 Å². The van der Waals surface area contributed by atoms with Crippen LogP contribution in [0, 0.1) is 6.92 Å². The molecule has 1 saturated heterocycles. The molecule has 0 spiro atoms. The van der Waals surface area contributed by atoms with Gasteiger partial charge in [-0.25, -0.2) is 0 Å². The van der Waals surface area contributed by atoms with Crippen LogP contribution in [0.15, 0.2) is 36.4 Å². The van der Waals surface area contributed by atoms with Gasteiger partial charge in [-0.15, -0.1) is 0 Å². The van der Waals surface area contributed by atoms with Gasteiger partial charge in [-0.05, 0) is 58.4 Å². The highest BCUT2D eigenvalue weighted by molar-refractivity contribution is 6.94. The zero-order chi connectivity index (χ0) is 22.8. The molecule has 1 aliphatic heterocycles. The zero-order valence-corrected chi connectivity index (χ0v) is 21.2. The SMILES string of the molecule is Cc1cc2c(cc1/C(=C/c1ccc(C3(O)OO3)cc1)[Si](C)(C)C)C(C)(C)CCC2(C)C. The Labute approximate surface area is 188 Å². The highest BCUT2D eigenvalue weighted by Gasteiger charge is 2.49. The van der Waals surface area contributed by atoms with E-state index >= 15 is 0 Å². The molecular weight excluding hydrogens is 400 g/mol. The number of benzene rings is 2. The van der Waals surface area contributed by atoms with Crippen molar-refractivity contribution in [1.29, 1.82) is 0 Å². The predicted octanol–water partition coefficient (Wildman–Crippen LogP) is 6.83. The first-order valence-electron chi connectivity index (χ1n) is 11.3. The van der Waals surface area contributed by atoms with E-state index in [2.05, 4.69) is 82.2 Å². The van der Waals surface area contributed by atoms with Gasteiger partial charge >= 0.3 is 5.97 Å². The molecule has 0 bridgehead atoms. The zero-order valence-electron chi connectivity index (χ0n) is 20.2. The number of fused-ring (bicyclic) bond motifs is 1. The van der Waals surface area contributed by atoms with Crippen molar-refractivity contribution in [3.63, 3.8) is 0 Å². The van der Waals surface area contributed by atoms with Crippen molar-refractivity contribution < 1.29 is 14.9 Å². The monoisotopic (exact) mass is 436 g/mol. The van der Waals surface area contributed by atoms with E-state index in [9.17, 15) is 5.11 Å². The molecule has 1 aliphatic carbocycles. The van der Waals surface area contributed by atoms with E-state index in [1.165, 1.54) is 40.3 Å². The fourth-order valence-corrected chi connectivity index (χ4v) is 6.48. The standard InChI is InChI=1S/C27H36O3Si/c1-18-15-22-23(26(4,5)14-13-25(22,2)3)17-21(18)24(31(6,7)8)16-19-9-11-20(12-10-19)27(28)29-30-27/h9-12,15-17,28H,13-14H2,1-8H3/b24-16-. The summed E-state index contributed by atoms with van der Waals surface area (Å²) >= 11 is 0. The van der Waals surface area contributed by atoms with Crippen molar-refractivity contribution >= 4 is 19.3 Å². The molecule has 31 heavy (non-hydrogen) atoms. The third-order valence-corrected chi connectivity index (χ3v) is 9.15. The number of aryl methyl sites for hydroxylation is 1. The van der Waals surface area contributed by atoms with Crippen LogP contribution >= 0.6 is 0 Å². The van der Waals surface area contributed by atoms with E-state index in [-0.39, 0.29) is 10.8 Å². The van der Waals surface area contributed by atoms with Crippen LogP contribution in [0.5, 0.6) is 0 Å². The van der Waals surface area contributed by atoms with Crippen molar-refractivity contribution in [2.45, 2.75) is 83.9 Å². The highest BCUT2D eigenvalue weighted by atomic mass is 28.3. The second-order valence-corrected chi connectivity index (χ2v) is 16.7. The summed E-state index contributed by atoms with van der Waals surface area (Å²) < 4.78 is 0. The Hall–Kier alpha value is -1.72. The lowest BCUT2D eigenvalue weighted by atomic mass is 9.62. The molecule has 4 rings (SSSR count). The van der Waals surface area contributed by atoms with Crippen molar-refractivity contribution in [1.82, 2.24) is 0 Å². The van der Waals surface area contributed by atoms with Gasteiger partial charge in [0.25, 0.3) is 0 Å². The van der Waals surface area contributed by atoms with Crippen LogP contribution < -0.4 is 0 Å². The largest absolute Gasteiger partial charge is 0.365 e. The van der Waals surface area contributed by atoms with Crippen molar-refractivity contribution in [3.8, 4) is 0 Å². The minimum absolute atomic E-state index is 0.194. The first-order valence-corrected chi connectivity index (χ1v) is 14.8. The normalized spacial score (nSPS) is 21.5. The molecule has 0 unspecified atom stereocenters.